The van der Waals surface area contributed by atoms with Gasteiger partial charge in [-0.2, -0.15) is 0 Å². The molecule has 2 N–H and O–H groups in total. The van der Waals surface area contributed by atoms with Crippen LogP contribution in [0.2, 0.25) is 0 Å². The number of carboxylic acids is 1. The van der Waals surface area contributed by atoms with Crippen LogP contribution in [-0.4, -0.2) is 16.6 Å². The number of nitrogens with one attached hydrogen (secondary N) is 1. The third-order valence-electron chi connectivity index (χ3n) is 1.39. The van der Waals surface area contributed by atoms with Gasteiger partial charge in [0.25, 0.3) is 0 Å². The highest BCUT2D eigenvalue weighted by Crippen LogP contribution is 2.14. The Hall–Kier alpha value is -0.960. The van der Waals surface area contributed by atoms with Crippen LogP contribution in [-0.2, 0) is 4.79 Å². The average molecular weight is 174 g/mol. The lowest BCUT2D eigenvalue weighted by atomic mass is 10.2. The van der Waals surface area contributed by atoms with E-state index in [-0.39, 0.29) is 5.57 Å². The molecular formula is C7H8ClNO2. The summed E-state index contributed by atoms with van der Waals surface area (Å²) in [5.74, 6) is -0.985. The average Bonchev–Trinajstić information content (AvgIpc) is 1.85. The summed E-state index contributed by atoms with van der Waals surface area (Å²) in [6, 6.07) is 0. The second-order valence-corrected chi connectivity index (χ2v) is 2.72. The van der Waals surface area contributed by atoms with Crippen LogP contribution in [0, 0.1) is 0 Å². The van der Waals surface area contributed by atoms with E-state index < -0.39 is 11.5 Å². The first-order chi connectivity index (χ1) is 5.11. The number of hydrogen-bond acceptors (Lipinski definition) is 2. The summed E-state index contributed by atoms with van der Waals surface area (Å²) in [5.41, 5.74) is 0.435. The molecule has 0 aromatic carbocycles. The lowest BCUT2D eigenvalue weighted by Crippen LogP contribution is -2.29. The van der Waals surface area contributed by atoms with Crippen molar-refractivity contribution in [1.29, 1.82) is 0 Å². The van der Waals surface area contributed by atoms with Gasteiger partial charge in [0.2, 0.25) is 0 Å². The van der Waals surface area contributed by atoms with Crippen molar-refractivity contribution < 1.29 is 9.90 Å². The largest absolute Gasteiger partial charge is 0.478 e. The summed E-state index contributed by atoms with van der Waals surface area (Å²) in [5, 5.41) is 11.4. The number of carbonyl (C=O) groups is 1. The van der Waals surface area contributed by atoms with Crippen LogP contribution in [0.25, 0.3) is 0 Å². The van der Waals surface area contributed by atoms with Crippen LogP contribution < -0.4 is 5.32 Å². The molecule has 3 nitrogen and oxygen atoms in total. The number of hydrogen-bond donors (Lipinski definition) is 2. The third-order valence-corrected chi connectivity index (χ3v) is 1.73. The number of alkyl halides is 1. The van der Waals surface area contributed by atoms with Gasteiger partial charge in [-0.25, -0.2) is 4.79 Å². The van der Waals surface area contributed by atoms with Crippen molar-refractivity contribution in [2.24, 2.45) is 0 Å². The quantitative estimate of drug-likeness (QED) is 0.461. The Labute approximate surface area is 69.4 Å². The molecule has 1 aliphatic heterocycles. The molecule has 0 bridgehead atoms. The van der Waals surface area contributed by atoms with E-state index in [1.54, 1.807) is 6.08 Å². The summed E-state index contributed by atoms with van der Waals surface area (Å²) < 4.78 is 0. The fourth-order valence-corrected chi connectivity index (χ4v) is 1.14. The number of rotatable bonds is 1. The fraction of sp³-hybridized carbons (Fsp3) is 0.286. The van der Waals surface area contributed by atoms with Crippen molar-refractivity contribution in [3.8, 4) is 0 Å². The van der Waals surface area contributed by atoms with E-state index >= 15 is 0 Å². The Morgan fingerprint density at radius 1 is 1.73 bits per heavy atom. The zero-order chi connectivity index (χ0) is 8.43. The van der Waals surface area contributed by atoms with Gasteiger partial charge in [-0.15, -0.1) is 0 Å². The van der Waals surface area contributed by atoms with Crippen LogP contribution >= 0.6 is 11.6 Å². The van der Waals surface area contributed by atoms with E-state index in [1.807, 2.05) is 6.92 Å². The van der Waals surface area contributed by atoms with Gasteiger partial charge in [-0.05, 0) is 19.1 Å². The van der Waals surface area contributed by atoms with E-state index in [4.69, 9.17) is 16.7 Å². The maximum absolute atomic E-state index is 10.4. The third kappa shape index (κ3) is 1.74. The molecule has 0 radical (unpaired) electrons. The topological polar surface area (TPSA) is 49.3 Å². The molecule has 0 aromatic heterocycles. The van der Waals surface area contributed by atoms with E-state index in [1.165, 1.54) is 6.08 Å². The van der Waals surface area contributed by atoms with Crippen LogP contribution in [0.3, 0.4) is 0 Å². The smallest absolute Gasteiger partial charge is 0.334 e. The first kappa shape index (κ1) is 8.14. The van der Waals surface area contributed by atoms with E-state index in [9.17, 15) is 4.79 Å². The van der Waals surface area contributed by atoms with Crippen molar-refractivity contribution in [2.75, 3.05) is 0 Å². The zero-order valence-corrected chi connectivity index (χ0v) is 6.72. The second kappa shape index (κ2) is 2.96. The highest BCUT2D eigenvalue weighted by atomic mass is 35.5. The number of aliphatic carboxylic acids is 1. The molecule has 0 saturated heterocycles. The molecule has 60 valence electrons. The number of carboxylic acid groups (broad SMARTS) is 1. The molecule has 1 aliphatic rings. The van der Waals surface area contributed by atoms with Crippen molar-refractivity contribution in [1.82, 2.24) is 5.32 Å². The molecule has 1 rings (SSSR count). The normalized spacial score (nSPS) is 23.3. The standard InChI is InChI=1S/C7H8ClNO2/c1-4-2-3-5(7(10)11)6(8)9-4/h2-3,6,9H,1H3,(H,10,11)/t6-/m0/s1. The minimum atomic E-state index is -0.985. The van der Waals surface area contributed by atoms with Crippen LogP contribution in [0.5, 0.6) is 0 Å². The van der Waals surface area contributed by atoms with E-state index in [0.29, 0.717) is 0 Å². The molecule has 0 saturated carbocycles. The van der Waals surface area contributed by atoms with Gasteiger partial charge in [-0.3, -0.25) is 0 Å². The minimum absolute atomic E-state index is 0.178. The predicted molar refractivity (Wildman–Crippen MR) is 42.3 cm³/mol. The molecule has 0 amide bonds. The van der Waals surface area contributed by atoms with Crippen LogP contribution in [0.15, 0.2) is 23.4 Å². The zero-order valence-electron chi connectivity index (χ0n) is 5.97. The summed E-state index contributed by atoms with van der Waals surface area (Å²) in [4.78, 5) is 10.4. The van der Waals surface area contributed by atoms with Gasteiger partial charge in [0.05, 0.1) is 5.57 Å². The Balaban J connectivity index is 2.87. The number of allylic oxidation sites excluding steroid dienone is 3. The SMILES string of the molecule is CC1=CC=C(C(=O)O)[C@@H](Cl)N1. The number of halogens is 1. The van der Waals surface area contributed by atoms with Gasteiger partial charge in [0, 0.05) is 5.70 Å². The molecule has 11 heavy (non-hydrogen) atoms. The van der Waals surface area contributed by atoms with Crippen LogP contribution in [0.1, 0.15) is 6.92 Å². The summed E-state index contributed by atoms with van der Waals surface area (Å²) in [6.07, 6.45) is 3.19. The molecule has 0 spiro atoms. The Bertz CT molecular complexity index is 245. The molecule has 0 fully saturated rings. The van der Waals surface area contributed by atoms with Gasteiger partial charge in [0.1, 0.15) is 5.50 Å². The summed E-state index contributed by atoms with van der Waals surface area (Å²) >= 11 is 5.67. The van der Waals surface area contributed by atoms with Gasteiger partial charge >= 0.3 is 5.97 Å². The van der Waals surface area contributed by atoms with E-state index in [2.05, 4.69) is 5.32 Å². The van der Waals surface area contributed by atoms with E-state index in [0.717, 1.165) is 5.70 Å². The second-order valence-electron chi connectivity index (χ2n) is 2.28. The highest BCUT2D eigenvalue weighted by molar-refractivity contribution is 6.25. The lowest BCUT2D eigenvalue weighted by Gasteiger charge is -2.17. The molecule has 0 aromatic rings. The maximum atomic E-state index is 10.4. The summed E-state index contributed by atoms with van der Waals surface area (Å²) in [7, 11) is 0. The molecule has 1 heterocycles. The molecule has 4 heteroatoms. The molecule has 0 unspecified atom stereocenters. The van der Waals surface area contributed by atoms with Gasteiger partial charge in [-0.1, -0.05) is 11.6 Å². The minimum Gasteiger partial charge on any atom is -0.478 e. The number of dihydropyridines is 1. The lowest BCUT2D eigenvalue weighted by molar-refractivity contribution is -0.132. The monoisotopic (exact) mass is 173 g/mol. The molecular weight excluding hydrogens is 166 g/mol. The van der Waals surface area contributed by atoms with Gasteiger partial charge in [0.15, 0.2) is 0 Å². The Morgan fingerprint density at radius 2 is 2.36 bits per heavy atom. The first-order valence-electron chi connectivity index (χ1n) is 3.13. The van der Waals surface area contributed by atoms with Crippen molar-refractivity contribution in [2.45, 2.75) is 12.4 Å². The Kier molecular flexibility index (Phi) is 2.19. The van der Waals surface area contributed by atoms with Gasteiger partial charge < -0.3 is 10.4 Å². The molecule has 0 aliphatic carbocycles. The first-order valence-corrected chi connectivity index (χ1v) is 3.57. The maximum Gasteiger partial charge on any atom is 0.334 e. The predicted octanol–water partition coefficient (Wildman–Crippen LogP) is 1.07. The van der Waals surface area contributed by atoms with Crippen molar-refractivity contribution in [3.05, 3.63) is 23.4 Å². The van der Waals surface area contributed by atoms with Crippen LogP contribution in [0.4, 0.5) is 0 Å². The van der Waals surface area contributed by atoms with Crippen molar-refractivity contribution in [3.63, 3.8) is 0 Å². The Morgan fingerprint density at radius 3 is 2.82 bits per heavy atom. The van der Waals surface area contributed by atoms with Crippen molar-refractivity contribution >= 4 is 17.6 Å². The highest BCUT2D eigenvalue weighted by Gasteiger charge is 2.19. The fourth-order valence-electron chi connectivity index (χ4n) is 0.805. The molecule has 1 atom stereocenters. The summed E-state index contributed by atoms with van der Waals surface area (Å²) in [6.45, 7) is 1.82.